The van der Waals surface area contributed by atoms with Gasteiger partial charge in [-0.05, 0) is 30.2 Å². The van der Waals surface area contributed by atoms with Gasteiger partial charge >= 0.3 is 5.97 Å². The molecule has 1 aliphatic heterocycles. The molecule has 1 aromatic rings. The van der Waals surface area contributed by atoms with Crippen LogP contribution < -0.4 is 4.74 Å². The van der Waals surface area contributed by atoms with Gasteiger partial charge in [0.25, 0.3) is 0 Å². The summed E-state index contributed by atoms with van der Waals surface area (Å²) >= 11 is 0. The summed E-state index contributed by atoms with van der Waals surface area (Å²) in [5.41, 5.74) is 0.895. The minimum Gasteiger partial charge on any atom is -0.508 e. The molecule has 0 radical (unpaired) electrons. The van der Waals surface area contributed by atoms with E-state index < -0.39 is 0 Å². The number of phenolic OH excluding ortho intramolecular Hbond substituents is 1. The van der Waals surface area contributed by atoms with Crippen LogP contribution in [0.15, 0.2) is 18.2 Å². The fourth-order valence-corrected chi connectivity index (χ4v) is 1.45. The monoisotopic (exact) mass is 178 g/mol. The highest BCUT2D eigenvalue weighted by Crippen LogP contribution is 2.30. The standard InChI is InChI=1S/C10H10O3/c1-6-4-7-5-8(11)2-3-9(7)13-10(6)12/h2-3,5-6,11H,4H2,1H3. The Labute approximate surface area is 76.0 Å². The molecule has 0 saturated carbocycles. The van der Waals surface area contributed by atoms with Crippen LogP contribution in [0.25, 0.3) is 0 Å². The molecule has 1 N–H and O–H groups in total. The first-order chi connectivity index (χ1) is 6.16. The van der Waals surface area contributed by atoms with Crippen molar-refractivity contribution in [1.29, 1.82) is 0 Å². The van der Waals surface area contributed by atoms with Crippen molar-refractivity contribution < 1.29 is 14.6 Å². The van der Waals surface area contributed by atoms with Gasteiger partial charge in [-0.3, -0.25) is 4.79 Å². The number of fused-ring (bicyclic) bond motifs is 1. The predicted molar refractivity (Wildman–Crippen MR) is 46.6 cm³/mol. The zero-order valence-corrected chi connectivity index (χ0v) is 7.28. The van der Waals surface area contributed by atoms with Crippen molar-refractivity contribution >= 4 is 5.97 Å². The molecule has 0 fully saturated rings. The van der Waals surface area contributed by atoms with Crippen molar-refractivity contribution in [2.24, 2.45) is 5.92 Å². The molecule has 0 aromatic heterocycles. The van der Waals surface area contributed by atoms with Crippen LogP contribution in [0.1, 0.15) is 12.5 Å². The Balaban J connectivity index is 2.42. The van der Waals surface area contributed by atoms with Gasteiger partial charge in [0.15, 0.2) is 0 Å². The fraction of sp³-hybridized carbons (Fsp3) is 0.300. The highest BCUT2D eigenvalue weighted by Gasteiger charge is 2.24. The van der Waals surface area contributed by atoms with Crippen molar-refractivity contribution in [2.45, 2.75) is 13.3 Å². The van der Waals surface area contributed by atoms with Gasteiger partial charge in [-0.2, -0.15) is 0 Å². The number of esters is 1. The molecule has 3 heteroatoms. The summed E-state index contributed by atoms with van der Waals surface area (Å²) in [6.45, 7) is 1.81. The average molecular weight is 178 g/mol. The zero-order valence-electron chi connectivity index (χ0n) is 7.28. The predicted octanol–water partition coefficient (Wildman–Crippen LogP) is 1.49. The maximum Gasteiger partial charge on any atom is 0.314 e. The molecule has 1 unspecified atom stereocenters. The van der Waals surface area contributed by atoms with Crippen LogP contribution in [0, 0.1) is 5.92 Å². The van der Waals surface area contributed by atoms with Crippen LogP contribution in [-0.4, -0.2) is 11.1 Å². The molecular weight excluding hydrogens is 168 g/mol. The van der Waals surface area contributed by atoms with Gasteiger partial charge in [0, 0.05) is 0 Å². The van der Waals surface area contributed by atoms with Gasteiger partial charge in [-0.1, -0.05) is 6.92 Å². The van der Waals surface area contributed by atoms with E-state index in [2.05, 4.69) is 0 Å². The van der Waals surface area contributed by atoms with Crippen LogP contribution in [0.4, 0.5) is 0 Å². The van der Waals surface area contributed by atoms with E-state index in [4.69, 9.17) is 4.74 Å². The lowest BCUT2D eigenvalue weighted by molar-refractivity contribution is -0.139. The van der Waals surface area contributed by atoms with Crippen LogP contribution >= 0.6 is 0 Å². The second-order valence-electron chi connectivity index (χ2n) is 3.32. The summed E-state index contributed by atoms with van der Waals surface area (Å²) in [4.78, 5) is 11.2. The van der Waals surface area contributed by atoms with Crippen molar-refractivity contribution in [2.75, 3.05) is 0 Å². The van der Waals surface area contributed by atoms with E-state index in [1.165, 1.54) is 6.07 Å². The largest absolute Gasteiger partial charge is 0.508 e. The SMILES string of the molecule is CC1Cc2cc(O)ccc2OC1=O. The first kappa shape index (κ1) is 8.10. The molecule has 0 aliphatic carbocycles. The van der Waals surface area contributed by atoms with Crippen LogP contribution in [0.2, 0.25) is 0 Å². The zero-order chi connectivity index (χ0) is 9.42. The van der Waals surface area contributed by atoms with Crippen LogP contribution in [-0.2, 0) is 11.2 Å². The van der Waals surface area contributed by atoms with E-state index in [1.54, 1.807) is 12.1 Å². The Bertz CT molecular complexity index is 357. The topological polar surface area (TPSA) is 46.5 Å². The summed E-state index contributed by atoms with van der Waals surface area (Å²) in [6, 6.07) is 4.77. The summed E-state index contributed by atoms with van der Waals surface area (Å²) in [7, 11) is 0. The van der Waals surface area contributed by atoms with Gasteiger partial charge in [0.05, 0.1) is 5.92 Å². The summed E-state index contributed by atoms with van der Waals surface area (Å²) < 4.78 is 5.05. The molecule has 0 bridgehead atoms. The lowest BCUT2D eigenvalue weighted by Crippen LogP contribution is -2.25. The normalized spacial score (nSPS) is 20.7. The Morgan fingerprint density at radius 1 is 1.54 bits per heavy atom. The Hall–Kier alpha value is -1.51. The number of hydrogen-bond acceptors (Lipinski definition) is 3. The van der Waals surface area contributed by atoms with E-state index in [-0.39, 0.29) is 17.6 Å². The highest BCUT2D eigenvalue weighted by atomic mass is 16.5. The lowest BCUT2D eigenvalue weighted by Gasteiger charge is -2.20. The minimum absolute atomic E-state index is 0.116. The molecule has 1 aliphatic rings. The molecule has 1 atom stereocenters. The minimum atomic E-state index is -0.196. The number of benzene rings is 1. The Morgan fingerprint density at radius 2 is 2.31 bits per heavy atom. The third-order valence-electron chi connectivity index (χ3n) is 2.18. The molecule has 68 valence electrons. The smallest absolute Gasteiger partial charge is 0.314 e. The van der Waals surface area contributed by atoms with Gasteiger partial charge < -0.3 is 9.84 Å². The maximum absolute atomic E-state index is 11.2. The van der Waals surface area contributed by atoms with Gasteiger partial charge in [0.1, 0.15) is 11.5 Å². The molecule has 0 amide bonds. The van der Waals surface area contributed by atoms with Crippen molar-refractivity contribution in [1.82, 2.24) is 0 Å². The number of aromatic hydroxyl groups is 1. The average Bonchev–Trinajstić information content (AvgIpc) is 2.08. The van der Waals surface area contributed by atoms with E-state index in [9.17, 15) is 9.90 Å². The van der Waals surface area contributed by atoms with Crippen LogP contribution in [0.3, 0.4) is 0 Å². The summed E-state index contributed by atoms with van der Waals surface area (Å²) in [5.74, 6) is 0.470. The molecule has 2 rings (SSSR count). The van der Waals surface area contributed by atoms with Gasteiger partial charge in [0.2, 0.25) is 0 Å². The fourth-order valence-electron chi connectivity index (χ4n) is 1.45. The molecule has 0 spiro atoms. The number of carbonyl (C=O) groups is 1. The third kappa shape index (κ3) is 1.37. The van der Waals surface area contributed by atoms with E-state index in [1.807, 2.05) is 6.92 Å². The maximum atomic E-state index is 11.2. The number of ether oxygens (including phenoxy) is 1. The lowest BCUT2D eigenvalue weighted by atomic mass is 9.98. The van der Waals surface area contributed by atoms with E-state index in [0.29, 0.717) is 12.2 Å². The van der Waals surface area contributed by atoms with Crippen molar-refractivity contribution in [3.05, 3.63) is 23.8 Å². The molecular formula is C10H10O3. The molecule has 1 aromatic carbocycles. The molecule has 0 saturated heterocycles. The Kier molecular flexibility index (Phi) is 1.72. The first-order valence-corrected chi connectivity index (χ1v) is 4.20. The van der Waals surface area contributed by atoms with E-state index >= 15 is 0 Å². The van der Waals surface area contributed by atoms with Crippen LogP contribution in [0.5, 0.6) is 11.5 Å². The van der Waals surface area contributed by atoms with Crippen molar-refractivity contribution in [3.8, 4) is 11.5 Å². The number of phenols is 1. The number of carbonyl (C=O) groups excluding carboxylic acids is 1. The van der Waals surface area contributed by atoms with Gasteiger partial charge in [-0.15, -0.1) is 0 Å². The Morgan fingerprint density at radius 3 is 3.08 bits per heavy atom. The van der Waals surface area contributed by atoms with Crippen molar-refractivity contribution in [3.63, 3.8) is 0 Å². The van der Waals surface area contributed by atoms with E-state index in [0.717, 1.165) is 5.56 Å². The quantitative estimate of drug-likeness (QED) is 0.483. The summed E-state index contributed by atoms with van der Waals surface area (Å²) in [6.07, 6.45) is 0.641. The van der Waals surface area contributed by atoms with Gasteiger partial charge in [-0.25, -0.2) is 0 Å². The second kappa shape index (κ2) is 2.76. The third-order valence-corrected chi connectivity index (χ3v) is 2.18. The number of hydrogen-bond donors (Lipinski definition) is 1. The molecule has 1 heterocycles. The first-order valence-electron chi connectivity index (χ1n) is 4.20. The number of rotatable bonds is 0. The molecule has 13 heavy (non-hydrogen) atoms. The molecule has 3 nitrogen and oxygen atoms in total. The second-order valence-corrected chi connectivity index (χ2v) is 3.32. The highest BCUT2D eigenvalue weighted by molar-refractivity contribution is 5.77. The summed E-state index contributed by atoms with van der Waals surface area (Å²) in [5, 5.41) is 9.20.